The van der Waals surface area contributed by atoms with Crippen LogP contribution in [0.15, 0.2) is 0 Å². The molecule has 0 saturated heterocycles. The van der Waals surface area contributed by atoms with E-state index in [0.717, 1.165) is 0 Å². The molecule has 0 nitrogen and oxygen atoms in total. The zero-order valence-electron chi connectivity index (χ0n) is 23.9. The Morgan fingerprint density at radius 2 is 0.424 bits per heavy atom. The van der Waals surface area contributed by atoms with E-state index in [4.69, 9.17) is 0 Å². The van der Waals surface area contributed by atoms with Crippen molar-refractivity contribution >= 4 is 9.52 Å². The van der Waals surface area contributed by atoms with Crippen LogP contribution >= 0.6 is 0 Å². The summed E-state index contributed by atoms with van der Waals surface area (Å²) in [5.41, 5.74) is 0. The molecule has 0 aliphatic carbocycles. The Morgan fingerprint density at radius 3 is 0.636 bits per heavy atom. The van der Waals surface area contributed by atoms with Gasteiger partial charge in [0.25, 0.3) is 0 Å². The van der Waals surface area contributed by atoms with E-state index in [0.29, 0.717) is 0 Å². The van der Waals surface area contributed by atoms with Crippen LogP contribution in [-0.4, -0.2) is 9.52 Å². The first-order chi connectivity index (χ1) is 16.4. The molecule has 0 heterocycles. The van der Waals surface area contributed by atoms with Crippen molar-refractivity contribution in [2.24, 2.45) is 0 Å². The van der Waals surface area contributed by atoms with Crippen LogP contribution in [0.1, 0.15) is 194 Å². The van der Waals surface area contributed by atoms with Gasteiger partial charge in [-0.25, -0.2) is 0 Å². The van der Waals surface area contributed by atoms with Gasteiger partial charge in [0, 0.05) is 9.52 Å². The van der Waals surface area contributed by atoms with Gasteiger partial charge < -0.3 is 0 Å². The molecule has 200 valence electrons. The first-order valence-corrected chi connectivity index (χ1v) is 18.4. The molecule has 0 radical (unpaired) electrons. The second-order valence-electron chi connectivity index (χ2n) is 11.3. The third kappa shape index (κ3) is 32.2. The van der Waals surface area contributed by atoms with Crippen molar-refractivity contribution in [1.29, 1.82) is 0 Å². The van der Waals surface area contributed by atoms with Crippen LogP contribution < -0.4 is 0 Å². The standard InChI is InChI=1S/C32H68Si/c1-3-5-7-9-11-13-15-17-19-21-23-25-27-29-31-33-32-30-28-26-24-22-20-18-16-14-12-10-8-6-4-2/h3-33H2,1-2H3. The lowest BCUT2D eigenvalue weighted by Gasteiger charge is -2.04. The van der Waals surface area contributed by atoms with E-state index < -0.39 is 0 Å². The Kier molecular flexibility index (Phi) is 32.4. The largest absolute Gasteiger partial charge is 0.0654 e. The molecular weight excluding hydrogens is 412 g/mol. The van der Waals surface area contributed by atoms with Gasteiger partial charge in [0.05, 0.1) is 0 Å². The van der Waals surface area contributed by atoms with E-state index in [-0.39, 0.29) is 9.52 Å². The molecule has 0 saturated carbocycles. The van der Waals surface area contributed by atoms with E-state index in [9.17, 15) is 0 Å². The summed E-state index contributed by atoms with van der Waals surface area (Å²) in [6.45, 7) is 4.62. The molecule has 0 aromatic rings. The van der Waals surface area contributed by atoms with Gasteiger partial charge >= 0.3 is 0 Å². The average Bonchev–Trinajstić information content (AvgIpc) is 2.83. The van der Waals surface area contributed by atoms with Gasteiger partial charge in [-0.1, -0.05) is 206 Å². The lowest BCUT2D eigenvalue weighted by molar-refractivity contribution is 0.537. The summed E-state index contributed by atoms with van der Waals surface area (Å²) < 4.78 is 0. The normalized spacial score (nSPS) is 11.5. The molecule has 0 bridgehead atoms. The van der Waals surface area contributed by atoms with Crippen LogP contribution in [0.4, 0.5) is 0 Å². The Bertz CT molecular complexity index is 284. The summed E-state index contributed by atoms with van der Waals surface area (Å²) in [7, 11) is 0.288. The van der Waals surface area contributed by atoms with Gasteiger partial charge in [0.2, 0.25) is 0 Å². The van der Waals surface area contributed by atoms with Crippen molar-refractivity contribution in [2.75, 3.05) is 0 Å². The molecule has 0 aliphatic heterocycles. The maximum Gasteiger partial charge on any atom is 0.0197 e. The van der Waals surface area contributed by atoms with E-state index in [1.165, 1.54) is 167 Å². The molecule has 0 rings (SSSR count). The highest BCUT2D eigenvalue weighted by atomic mass is 28.2. The highest BCUT2D eigenvalue weighted by Gasteiger charge is 1.97. The van der Waals surface area contributed by atoms with Gasteiger partial charge in [-0.2, -0.15) is 0 Å². The van der Waals surface area contributed by atoms with E-state index >= 15 is 0 Å². The monoisotopic (exact) mass is 481 g/mol. The summed E-state index contributed by atoms with van der Waals surface area (Å²) in [5.74, 6) is 0. The first-order valence-electron chi connectivity index (χ1n) is 16.4. The first kappa shape index (κ1) is 33.2. The predicted molar refractivity (Wildman–Crippen MR) is 159 cm³/mol. The molecule has 0 spiro atoms. The summed E-state index contributed by atoms with van der Waals surface area (Å²) in [4.78, 5) is 0. The van der Waals surface area contributed by atoms with Crippen molar-refractivity contribution in [3.05, 3.63) is 0 Å². The fraction of sp³-hybridized carbons (Fsp3) is 1.00. The van der Waals surface area contributed by atoms with Gasteiger partial charge in [-0.05, 0) is 0 Å². The van der Waals surface area contributed by atoms with Crippen molar-refractivity contribution in [2.45, 2.75) is 206 Å². The molecule has 0 unspecified atom stereocenters. The van der Waals surface area contributed by atoms with Crippen molar-refractivity contribution in [3.8, 4) is 0 Å². The highest BCUT2D eigenvalue weighted by Crippen LogP contribution is 2.15. The van der Waals surface area contributed by atoms with Crippen molar-refractivity contribution in [1.82, 2.24) is 0 Å². The highest BCUT2D eigenvalue weighted by molar-refractivity contribution is 6.35. The molecular formula is C32H68Si. The molecule has 33 heavy (non-hydrogen) atoms. The minimum atomic E-state index is 0.288. The third-order valence-electron chi connectivity index (χ3n) is 7.71. The zero-order chi connectivity index (χ0) is 23.9. The predicted octanol–water partition coefficient (Wildman–Crippen LogP) is 12.0. The smallest absolute Gasteiger partial charge is 0.0197 e. The SMILES string of the molecule is CCCCCCCCCCCCCCCC[SiH2]CCCCCCCCCCCCCCCC. The Balaban J connectivity index is 2.99. The quantitative estimate of drug-likeness (QED) is 0.0708. The van der Waals surface area contributed by atoms with Crippen LogP contribution in [0.2, 0.25) is 12.1 Å². The molecule has 0 amide bonds. The molecule has 0 N–H and O–H groups in total. The third-order valence-corrected chi connectivity index (χ3v) is 9.71. The van der Waals surface area contributed by atoms with Crippen molar-refractivity contribution < 1.29 is 0 Å². The molecule has 0 fully saturated rings. The second kappa shape index (κ2) is 32.2. The second-order valence-corrected chi connectivity index (χ2v) is 13.4. The minimum Gasteiger partial charge on any atom is -0.0654 e. The summed E-state index contributed by atoms with van der Waals surface area (Å²) in [5, 5.41) is 0. The maximum absolute atomic E-state index is 2.31. The summed E-state index contributed by atoms with van der Waals surface area (Å²) >= 11 is 0. The number of hydrogen-bond donors (Lipinski definition) is 0. The Morgan fingerprint density at radius 1 is 0.242 bits per heavy atom. The van der Waals surface area contributed by atoms with Gasteiger partial charge in [-0.3, -0.25) is 0 Å². The summed E-state index contributed by atoms with van der Waals surface area (Å²) in [6, 6.07) is 3.27. The van der Waals surface area contributed by atoms with Gasteiger partial charge in [0.1, 0.15) is 0 Å². The molecule has 0 aromatic carbocycles. The van der Waals surface area contributed by atoms with E-state index in [2.05, 4.69) is 13.8 Å². The fourth-order valence-corrected chi connectivity index (χ4v) is 7.04. The van der Waals surface area contributed by atoms with Crippen molar-refractivity contribution in [3.63, 3.8) is 0 Å². The lowest BCUT2D eigenvalue weighted by atomic mass is 10.0. The fourth-order valence-electron chi connectivity index (χ4n) is 5.27. The van der Waals surface area contributed by atoms with Gasteiger partial charge in [-0.15, -0.1) is 0 Å². The zero-order valence-corrected chi connectivity index (χ0v) is 25.3. The number of unbranched alkanes of at least 4 members (excludes halogenated alkanes) is 26. The van der Waals surface area contributed by atoms with Crippen LogP contribution in [0, 0.1) is 0 Å². The van der Waals surface area contributed by atoms with Crippen LogP contribution in [-0.2, 0) is 0 Å². The number of hydrogen-bond acceptors (Lipinski definition) is 0. The lowest BCUT2D eigenvalue weighted by Crippen LogP contribution is -1.90. The average molecular weight is 481 g/mol. The Hall–Kier alpha value is 0.217. The molecule has 1 heteroatoms. The van der Waals surface area contributed by atoms with Crippen LogP contribution in [0.3, 0.4) is 0 Å². The van der Waals surface area contributed by atoms with E-state index in [1.54, 1.807) is 24.9 Å². The number of rotatable bonds is 30. The molecule has 0 atom stereocenters. The molecule has 0 aromatic heterocycles. The van der Waals surface area contributed by atoms with E-state index in [1.807, 2.05) is 0 Å². The Labute approximate surface area is 215 Å². The van der Waals surface area contributed by atoms with Crippen LogP contribution in [0.5, 0.6) is 0 Å². The topological polar surface area (TPSA) is 0 Å². The minimum absolute atomic E-state index is 0.288. The van der Waals surface area contributed by atoms with Gasteiger partial charge in [0.15, 0.2) is 0 Å². The molecule has 0 aliphatic rings. The summed E-state index contributed by atoms with van der Waals surface area (Å²) in [6.07, 6.45) is 41.8. The van der Waals surface area contributed by atoms with Crippen LogP contribution in [0.25, 0.3) is 0 Å². The maximum atomic E-state index is 2.31.